The van der Waals surface area contributed by atoms with E-state index in [1.54, 1.807) is 0 Å². The summed E-state index contributed by atoms with van der Waals surface area (Å²) in [6.45, 7) is 2.54. The molecular weight excluding hydrogens is 224 g/mol. The first-order valence-corrected chi connectivity index (χ1v) is 7.84. The fourth-order valence-electron chi connectivity index (χ4n) is 3.72. The van der Waals surface area contributed by atoms with Crippen molar-refractivity contribution in [3.05, 3.63) is 0 Å². The van der Waals surface area contributed by atoms with Crippen LogP contribution in [-0.4, -0.2) is 36.5 Å². The van der Waals surface area contributed by atoms with Crippen molar-refractivity contribution >= 4 is 5.91 Å². The lowest BCUT2D eigenvalue weighted by atomic mass is 9.83. The van der Waals surface area contributed by atoms with E-state index in [0.717, 1.165) is 24.9 Å². The molecule has 3 nitrogen and oxygen atoms in total. The Morgan fingerprint density at radius 1 is 1.00 bits per heavy atom. The average Bonchev–Trinajstić information content (AvgIpc) is 3.11. The van der Waals surface area contributed by atoms with Crippen molar-refractivity contribution < 1.29 is 4.79 Å². The molecule has 2 saturated carbocycles. The van der Waals surface area contributed by atoms with Crippen molar-refractivity contribution in [1.82, 2.24) is 10.2 Å². The van der Waals surface area contributed by atoms with Crippen LogP contribution >= 0.6 is 0 Å². The van der Waals surface area contributed by atoms with Crippen LogP contribution in [0.4, 0.5) is 0 Å². The molecule has 102 valence electrons. The fourth-order valence-corrected chi connectivity index (χ4v) is 3.72. The number of amides is 1. The van der Waals surface area contributed by atoms with E-state index in [1.165, 1.54) is 51.4 Å². The number of carbonyl (C=O) groups is 1. The SMILES string of the molecule is O=C(CNC1CCCC(C2CC2)C1)N1CCCC1. The third-order valence-electron chi connectivity index (χ3n) is 5.00. The van der Waals surface area contributed by atoms with Gasteiger partial charge in [-0.1, -0.05) is 12.8 Å². The molecule has 1 saturated heterocycles. The van der Waals surface area contributed by atoms with E-state index in [4.69, 9.17) is 0 Å². The first kappa shape index (κ1) is 12.5. The molecule has 0 spiro atoms. The van der Waals surface area contributed by atoms with E-state index in [1.807, 2.05) is 4.90 Å². The minimum atomic E-state index is 0.320. The zero-order chi connectivity index (χ0) is 12.4. The molecule has 1 heterocycles. The van der Waals surface area contributed by atoms with Gasteiger partial charge in [-0.25, -0.2) is 0 Å². The Bertz CT molecular complexity index is 295. The van der Waals surface area contributed by atoms with Crippen molar-refractivity contribution in [3.63, 3.8) is 0 Å². The number of carbonyl (C=O) groups excluding carboxylic acids is 1. The van der Waals surface area contributed by atoms with E-state index in [-0.39, 0.29) is 0 Å². The van der Waals surface area contributed by atoms with Crippen LogP contribution in [0.1, 0.15) is 51.4 Å². The standard InChI is InChI=1S/C15H26N2O/c18-15(17-8-1-2-9-17)11-16-14-5-3-4-13(10-14)12-6-7-12/h12-14,16H,1-11H2. The predicted octanol–water partition coefficient (Wildman–Crippen LogP) is 2.17. The Balaban J connectivity index is 1.40. The van der Waals surface area contributed by atoms with Gasteiger partial charge in [0.05, 0.1) is 6.54 Å². The highest BCUT2D eigenvalue weighted by Crippen LogP contribution is 2.43. The molecule has 3 fully saturated rings. The molecule has 1 amide bonds. The quantitative estimate of drug-likeness (QED) is 0.829. The van der Waals surface area contributed by atoms with Gasteiger partial charge < -0.3 is 10.2 Å². The van der Waals surface area contributed by atoms with Crippen LogP contribution < -0.4 is 5.32 Å². The van der Waals surface area contributed by atoms with Crippen molar-refractivity contribution in [2.45, 2.75) is 57.4 Å². The summed E-state index contributed by atoms with van der Waals surface area (Å²) in [6.07, 6.45) is 10.7. The van der Waals surface area contributed by atoms with E-state index in [0.29, 0.717) is 18.5 Å². The summed E-state index contributed by atoms with van der Waals surface area (Å²) in [4.78, 5) is 14.0. The second-order valence-corrected chi connectivity index (χ2v) is 6.43. The number of hydrogen-bond acceptors (Lipinski definition) is 2. The Morgan fingerprint density at radius 2 is 1.78 bits per heavy atom. The number of rotatable bonds is 4. The maximum atomic E-state index is 12.0. The Kier molecular flexibility index (Phi) is 3.88. The van der Waals surface area contributed by atoms with Gasteiger partial charge in [0.2, 0.25) is 5.91 Å². The summed E-state index contributed by atoms with van der Waals surface area (Å²) in [5, 5.41) is 3.52. The molecule has 2 aliphatic carbocycles. The lowest BCUT2D eigenvalue weighted by molar-refractivity contribution is -0.129. The van der Waals surface area contributed by atoms with Crippen LogP contribution in [0, 0.1) is 11.8 Å². The van der Waals surface area contributed by atoms with Gasteiger partial charge in [-0.3, -0.25) is 4.79 Å². The Labute approximate surface area is 110 Å². The largest absolute Gasteiger partial charge is 0.342 e. The summed E-state index contributed by atoms with van der Waals surface area (Å²) < 4.78 is 0. The fraction of sp³-hybridized carbons (Fsp3) is 0.933. The van der Waals surface area contributed by atoms with Crippen molar-refractivity contribution in [2.75, 3.05) is 19.6 Å². The topological polar surface area (TPSA) is 32.3 Å². The summed E-state index contributed by atoms with van der Waals surface area (Å²) in [5.74, 6) is 2.31. The van der Waals surface area contributed by atoms with Gasteiger partial charge in [0, 0.05) is 19.1 Å². The zero-order valence-electron chi connectivity index (χ0n) is 11.4. The first-order chi connectivity index (χ1) is 8.83. The summed E-state index contributed by atoms with van der Waals surface area (Å²) in [6, 6.07) is 0.607. The van der Waals surface area contributed by atoms with E-state index < -0.39 is 0 Å². The zero-order valence-corrected chi connectivity index (χ0v) is 11.4. The molecule has 3 heteroatoms. The number of nitrogens with one attached hydrogen (secondary N) is 1. The first-order valence-electron chi connectivity index (χ1n) is 7.84. The summed E-state index contributed by atoms with van der Waals surface area (Å²) in [5.41, 5.74) is 0. The van der Waals surface area contributed by atoms with Crippen LogP contribution in [0.15, 0.2) is 0 Å². The molecular formula is C15H26N2O. The monoisotopic (exact) mass is 250 g/mol. The molecule has 0 aromatic heterocycles. The number of nitrogens with zero attached hydrogens (tertiary/aromatic N) is 1. The summed E-state index contributed by atoms with van der Waals surface area (Å²) in [7, 11) is 0. The van der Waals surface area contributed by atoms with Gasteiger partial charge in [-0.05, 0) is 50.4 Å². The maximum absolute atomic E-state index is 12.0. The molecule has 1 aliphatic heterocycles. The van der Waals surface area contributed by atoms with Crippen LogP contribution in [-0.2, 0) is 4.79 Å². The van der Waals surface area contributed by atoms with Crippen LogP contribution in [0.2, 0.25) is 0 Å². The highest BCUT2D eigenvalue weighted by atomic mass is 16.2. The molecule has 0 aromatic carbocycles. The van der Waals surface area contributed by atoms with Gasteiger partial charge in [-0.2, -0.15) is 0 Å². The van der Waals surface area contributed by atoms with Gasteiger partial charge in [-0.15, -0.1) is 0 Å². The van der Waals surface area contributed by atoms with Gasteiger partial charge in [0.25, 0.3) is 0 Å². The molecule has 18 heavy (non-hydrogen) atoms. The van der Waals surface area contributed by atoms with Gasteiger partial charge in [0.15, 0.2) is 0 Å². The number of hydrogen-bond donors (Lipinski definition) is 1. The third kappa shape index (κ3) is 3.05. The molecule has 0 radical (unpaired) electrons. The highest BCUT2D eigenvalue weighted by Gasteiger charge is 2.34. The van der Waals surface area contributed by atoms with E-state index >= 15 is 0 Å². The minimum absolute atomic E-state index is 0.320. The van der Waals surface area contributed by atoms with E-state index in [9.17, 15) is 4.79 Å². The van der Waals surface area contributed by atoms with Crippen molar-refractivity contribution in [3.8, 4) is 0 Å². The van der Waals surface area contributed by atoms with Crippen LogP contribution in [0.5, 0.6) is 0 Å². The second-order valence-electron chi connectivity index (χ2n) is 6.43. The molecule has 2 atom stereocenters. The molecule has 2 unspecified atom stereocenters. The third-order valence-corrected chi connectivity index (χ3v) is 5.00. The lowest BCUT2D eigenvalue weighted by Crippen LogP contribution is -2.42. The average molecular weight is 250 g/mol. The summed E-state index contributed by atoms with van der Waals surface area (Å²) >= 11 is 0. The maximum Gasteiger partial charge on any atom is 0.236 e. The van der Waals surface area contributed by atoms with Gasteiger partial charge >= 0.3 is 0 Å². The second kappa shape index (κ2) is 5.60. The van der Waals surface area contributed by atoms with Crippen molar-refractivity contribution in [2.24, 2.45) is 11.8 Å². The van der Waals surface area contributed by atoms with E-state index in [2.05, 4.69) is 5.32 Å². The Hall–Kier alpha value is -0.570. The normalized spacial score (nSPS) is 32.8. The highest BCUT2D eigenvalue weighted by molar-refractivity contribution is 5.78. The minimum Gasteiger partial charge on any atom is -0.342 e. The molecule has 0 bridgehead atoms. The smallest absolute Gasteiger partial charge is 0.236 e. The Morgan fingerprint density at radius 3 is 2.50 bits per heavy atom. The molecule has 3 rings (SSSR count). The molecule has 1 N–H and O–H groups in total. The number of likely N-dealkylation sites (tertiary alicyclic amines) is 1. The van der Waals surface area contributed by atoms with Crippen molar-refractivity contribution in [1.29, 1.82) is 0 Å². The molecule has 3 aliphatic rings. The molecule has 0 aromatic rings. The lowest BCUT2D eigenvalue weighted by Gasteiger charge is -2.30. The predicted molar refractivity (Wildman–Crippen MR) is 72.3 cm³/mol. The van der Waals surface area contributed by atoms with Crippen LogP contribution in [0.25, 0.3) is 0 Å². The van der Waals surface area contributed by atoms with Crippen LogP contribution in [0.3, 0.4) is 0 Å². The van der Waals surface area contributed by atoms with Gasteiger partial charge in [0.1, 0.15) is 0 Å².